The second-order valence-electron chi connectivity index (χ2n) is 3.93. The summed E-state index contributed by atoms with van der Waals surface area (Å²) in [7, 11) is 0. The third-order valence-corrected chi connectivity index (χ3v) is 2.62. The fourth-order valence-electron chi connectivity index (χ4n) is 1.79. The van der Waals surface area contributed by atoms with E-state index in [2.05, 4.69) is 31.2 Å². The second-order valence-corrected chi connectivity index (χ2v) is 3.93. The van der Waals surface area contributed by atoms with Crippen molar-refractivity contribution in [3.63, 3.8) is 0 Å². The van der Waals surface area contributed by atoms with E-state index in [0.29, 0.717) is 0 Å². The van der Waals surface area contributed by atoms with Crippen LogP contribution in [0.1, 0.15) is 22.3 Å². The van der Waals surface area contributed by atoms with Crippen molar-refractivity contribution < 1.29 is 0 Å². The van der Waals surface area contributed by atoms with Crippen molar-refractivity contribution in [1.29, 1.82) is 5.26 Å². The van der Waals surface area contributed by atoms with E-state index in [-0.39, 0.29) is 0 Å². The van der Waals surface area contributed by atoms with Crippen LogP contribution in [0.3, 0.4) is 0 Å². The first kappa shape index (κ1) is 10.4. The largest absolute Gasteiger partial charge is 0.192 e. The smallest absolute Gasteiger partial charge is 0.0994 e. The Labute approximate surface area is 96.0 Å². The number of rotatable bonds is 2. The average Bonchev–Trinajstić information content (AvgIpc) is 2.31. The molecule has 0 aliphatic carbocycles. The maximum atomic E-state index is 9.04. The zero-order chi connectivity index (χ0) is 11.4. The molecule has 0 aliphatic heterocycles. The van der Waals surface area contributed by atoms with Gasteiger partial charge in [0.25, 0.3) is 0 Å². The molecule has 0 fully saturated rings. The molecule has 1 nitrogen and oxygen atoms in total. The lowest BCUT2D eigenvalue weighted by Gasteiger charge is -2.05. The lowest BCUT2D eigenvalue weighted by molar-refractivity contribution is 1.17. The zero-order valence-corrected chi connectivity index (χ0v) is 9.27. The van der Waals surface area contributed by atoms with Gasteiger partial charge in [0.05, 0.1) is 11.6 Å². The van der Waals surface area contributed by atoms with Crippen LogP contribution < -0.4 is 0 Å². The Morgan fingerprint density at radius 3 is 2.50 bits per heavy atom. The Morgan fingerprint density at radius 1 is 1.06 bits per heavy atom. The highest BCUT2D eigenvalue weighted by Gasteiger charge is 2.03. The number of nitriles is 1. The first-order chi connectivity index (χ1) is 7.79. The van der Waals surface area contributed by atoms with Gasteiger partial charge in [0.1, 0.15) is 0 Å². The van der Waals surface area contributed by atoms with Gasteiger partial charge in [0.2, 0.25) is 0 Å². The molecule has 0 radical (unpaired) electrons. The number of benzene rings is 2. The Kier molecular flexibility index (Phi) is 3.03. The van der Waals surface area contributed by atoms with Gasteiger partial charge in [-0.2, -0.15) is 5.26 Å². The lowest BCUT2D eigenvalue weighted by atomic mass is 9.98. The highest BCUT2D eigenvalue weighted by atomic mass is 14.2. The molecule has 0 saturated carbocycles. The summed E-state index contributed by atoms with van der Waals surface area (Å²) in [6, 6.07) is 18.4. The van der Waals surface area contributed by atoms with E-state index in [1.54, 1.807) is 0 Å². The number of aryl methyl sites for hydroxylation is 1. The number of hydrogen-bond acceptors (Lipinski definition) is 1. The molecule has 0 amide bonds. The van der Waals surface area contributed by atoms with E-state index in [1.807, 2.05) is 30.3 Å². The van der Waals surface area contributed by atoms with Gasteiger partial charge in [-0.05, 0) is 30.5 Å². The third-order valence-electron chi connectivity index (χ3n) is 2.62. The molecule has 0 heterocycles. The minimum Gasteiger partial charge on any atom is -0.192 e. The Hall–Kier alpha value is -2.07. The molecule has 0 atom stereocenters. The first-order valence-electron chi connectivity index (χ1n) is 5.33. The van der Waals surface area contributed by atoms with Crippen LogP contribution in [0.4, 0.5) is 0 Å². The molecule has 0 aliphatic rings. The van der Waals surface area contributed by atoms with Crippen LogP contribution in [-0.2, 0) is 6.42 Å². The predicted molar refractivity (Wildman–Crippen MR) is 65.1 cm³/mol. The third kappa shape index (κ3) is 2.29. The van der Waals surface area contributed by atoms with Crippen molar-refractivity contribution >= 4 is 0 Å². The fourth-order valence-corrected chi connectivity index (χ4v) is 1.79. The normalized spacial score (nSPS) is 9.75. The zero-order valence-electron chi connectivity index (χ0n) is 9.27. The van der Waals surface area contributed by atoms with E-state index < -0.39 is 0 Å². The summed E-state index contributed by atoms with van der Waals surface area (Å²) < 4.78 is 0. The molecule has 0 N–H and O–H groups in total. The van der Waals surface area contributed by atoms with Gasteiger partial charge in [0.15, 0.2) is 0 Å². The summed E-state index contributed by atoms with van der Waals surface area (Å²) >= 11 is 0. The van der Waals surface area contributed by atoms with Crippen LogP contribution in [0.15, 0.2) is 48.5 Å². The van der Waals surface area contributed by atoms with Crippen molar-refractivity contribution in [2.75, 3.05) is 0 Å². The van der Waals surface area contributed by atoms with Crippen molar-refractivity contribution in [3.8, 4) is 6.07 Å². The summed E-state index contributed by atoms with van der Waals surface area (Å²) in [4.78, 5) is 0. The van der Waals surface area contributed by atoms with Gasteiger partial charge >= 0.3 is 0 Å². The minimum atomic E-state index is 0.773. The monoisotopic (exact) mass is 207 g/mol. The quantitative estimate of drug-likeness (QED) is 0.739. The molecule has 16 heavy (non-hydrogen) atoms. The summed E-state index contributed by atoms with van der Waals surface area (Å²) in [5.41, 5.74) is 4.32. The van der Waals surface area contributed by atoms with Gasteiger partial charge in [0, 0.05) is 0 Å². The summed E-state index contributed by atoms with van der Waals surface area (Å²) in [5, 5.41) is 9.04. The highest BCUT2D eigenvalue weighted by molar-refractivity contribution is 5.42. The molecular weight excluding hydrogens is 194 g/mol. The highest BCUT2D eigenvalue weighted by Crippen LogP contribution is 2.15. The Bertz CT molecular complexity index is 521. The van der Waals surface area contributed by atoms with Gasteiger partial charge in [-0.3, -0.25) is 0 Å². The second kappa shape index (κ2) is 4.63. The molecule has 0 bridgehead atoms. The van der Waals surface area contributed by atoms with Crippen molar-refractivity contribution in [1.82, 2.24) is 0 Å². The SMILES string of the molecule is Cc1ccc(C#N)c(Cc2ccccc2)c1. The molecule has 2 aromatic rings. The Balaban J connectivity index is 2.35. The van der Waals surface area contributed by atoms with Crippen LogP contribution >= 0.6 is 0 Å². The van der Waals surface area contributed by atoms with Crippen molar-refractivity contribution in [2.24, 2.45) is 0 Å². The van der Waals surface area contributed by atoms with E-state index in [9.17, 15) is 0 Å². The van der Waals surface area contributed by atoms with Crippen LogP contribution in [0.5, 0.6) is 0 Å². The van der Waals surface area contributed by atoms with Gasteiger partial charge in [-0.15, -0.1) is 0 Å². The van der Waals surface area contributed by atoms with E-state index in [1.165, 1.54) is 11.1 Å². The van der Waals surface area contributed by atoms with Gasteiger partial charge in [-0.25, -0.2) is 0 Å². The van der Waals surface area contributed by atoms with Gasteiger partial charge < -0.3 is 0 Å². The van der Waals surface area contributed by atoms with E-state index in [4.69, 9.17) is 5.26 Å². The summed E-state index contributed by atoms with van der Waals surface area (Å²) in [6.07, 6.45) is 0.825. The molecule has 2 rings (SSSR count). The van der Waals surface area contributed by atoms with Crippen molar-refractivity contribution in [2.45, 2.75) is 13.3 Å². The maximum Gasteiger partial charge on any atom is 0.0994 e. The molecule has 0 unspecified atom stereocenters. The fraction of sp³-hybridized carbons (Fsp3) is 0.133. The predicted octanol–water partition coefficient (Wildman–Crippen LogP) is 3.46. The Morgan fingerprint density at radius 2 is 1.81 bits per heavy atom. The molecule has 2 aromatic carbocycles. The average molecular weight is 207 g/mol. The van der Waals surface area contributed by atoms with E-state index in [0.717, 1.165) is 17.5 Å². The van der Waals surface area contributed by atoms with Crippen LogP contribution in [0.2, 0.25) is 0 Å². The summed E-state index contributed by atoms with van der Waals surface area (Å²) in [5.74, 6) is 0. The van der Waals surface area contributed by atoms with E-state index >= 15 is 0 Å². The van der Waals surface area contributed by atoms with Crippen LogP contribution in [0.25, 0.3) is 0 Å². The topological polar surface area (TPSA) is 23.8 Å². The van der Waals surface area contributed by atoms with Crippen LogP contribution in [-0.4, -0.2) is 0 Å². The van der Waals surface area contributed by atoms with Crippen molar-refractivity contribution in [3.05, 3.63) is 70.8 Å². The molecule has 0 aromatic heterocycles. The maximum absolute atomic E-state index is 9.04. The molecule has 78 valence electrons. The number of nitrogens with zero attached hydrogens (tertiary/aromatic N) is 1. The lowest BCUT2D eigenvalue weighted by Crippen LogP contribution is -1.93. The molecule has 0 saturated heterocycles. The molecular formula is C15H13N. The van der Waals surface area contributed by atoms with Gasteiger partial charge in [-0.1, -0.05) is 48.0 Å². The molecule has 0 spiro atoms. The standard InChI is InChI=1S/C15H13N/c1-12-7-8-14(11-16)15(9-12)10-13-5-3-2-4-6-13/h2-9H,10H2,1H3. The summed E-state index contributed by atoms with van der Waals surface area (Å²) in [6.45, 7) is 2.05. The first-order valence-corrected chi connectivity index (χ1v) is 5.33. The van der Waals surface area contributed by atoms with Crippen LogP contribution in [0, 0.1) is 18.3 Å². The minimum absolute atomic E-state index is 0.773. The molecule has 1 heteroatoms. The number of hydrogen-bond donors (Lipinski definition) is 0.